The molecular weight excluding hydrogens is 343 g/mol. The van der Waals surface area contributed by atoms with Gasteiger partial charge in [0, 0.05) is 25.0 Å². The Bertz CT molecular complexity index is 886. The molecule has 10 heteroatoms. The van der Waals surface area contributed by atoms with Crippen LogP contribution >= 0.6 is 11.3 Å². The van der Waals surface area contributed by atoms with E-state index in [1.807, 2.05) is 0 Å². The molecule has 3 rings (SSSR count). The quantitative estimate of drug-likeness (QED) is 0.785. The fourth-order valence-corrected chi connectivity index (χ4v) is 2.62. The lowest BCUT2D eigenvalue weighted by Crippen LogP contribution is -2.11. The lowest BCUT2D eigenvalue weighted by atomic mass is 10.1. The van der Waals surface area contributed by atoms with Gasteiger partial charge in [0.2, 0.25) is 0 Å². The van der Waals surface area contributed by atoms with Crippen LogP contribution in [0.15, 0.2) is 36.9 Å². The van der Waals surface area contributed by atoms with Crippen molar-refractivity contribution in [3.05, 3.63) is 46.8 Å². The molecule has 1 amide bonds. The third-order valence-corrected chi connectivity index (χ3v) is 4.05. The first-order valence-corrected chi connectivity index (χ1v) is 7.44. The minimum absolute atomic E-state index is 0.143. The number of hydrogen-bond donors (Lipinski definition) is 1. The Labute approximate surface area is 138 Å². The highest BCUT2D eigenvalue weighted by Gasteiger charge is 2.35. The molecule has 0 spiro atoms. The van der Waals surface area contributed by atoms with Crippen LogP contribution in [0.25, 0.3) is 11.1 Å². The average molecular weight is 353 g/mol. The minimum atomic E-state index is -4.57. The second kappa shape index (κ2) is 6.04. The van der Waals surface area contributed by atoms with Crippen LogP contribution in [0, 0.1) is 0 Å². The first-order chi connectivity index (χ1) is 11.3. The summed E-state index contributed by atoms with van der Waals surface area (Å²) in [6, 6.07) is 3.35. The summed E-state index contributed by atoms with van der Waals surface area (Å²) in [4.78, 5) is 19.1. The maximum absolute atomic E-state index is 12.5. The number of halogens is 3. The number of amides is 1. The molecule has 0 fully saturated rings. The van der Waals surface area contributed by atoms with E-state index in [1.165, 1.54) is 6.20 Å². The van der Waals surface area contributed by atoms with E-state index in [1.54, 1.807) is 36.3 Å². The maximum atomic E-state index is 12.5. The van der Waals surface area contributed by atoms with Gasteiger partial charge in [-0.2, -0.15) is 18.3 Å². The molecule has 0 aliphatic rings. The van der Waals surface area contributed by atoms with Gasteiger partial charge in [0.05, 0.1) is 12.4 Å². The summed E-state index contributed by atoms with van der Waals surface area (Å²) < 4.78 is 39.2. The van der Waals surface area contributed by atoms with Crippen molar-refractivity contribution in [2.45, 2.75) is 6.18 Å². The fraction of sp³-hybridized carbons (Fsp3) is 0.143. The number of nitrogens with one attached hydrogen (secondary N) is 1. The highest BCUT2D eigenvalue weighted by Crippen LogP contribution is 2.32. The molecule has 0 aliphatic heterocycles. The van der Waals surface area contributed by atoms with Crippen molar-refractivity contribution in [2.24, 2.45) is 7.05 Å². The molecule has 0 bridgehead atoms. The topological polar surface area (TPSA) is 72.7 Å². The Balaban J connectivity index is 1.78. The zero-order chi connectivity index (χ0) is 17.3. The molecule has 6 nitrogen and oxygen atoms in total. The maximum Gasteiger partial charge on any atom is 0.443 e. The van der Waals surface area contributed by atoms with Gasteiger partial charge in [-0.1, -0.05) is 0 Å². The molecule has 1 N–H and O–H groups in total. The van der Waals surface area contributed by atoms with Gasteiger partial charge in [-0.15, -0.1) is 11.3 Å². The smallest absolute Gasteiger partial charge is 0.306 e. The third-order valence-electron chi connectivity index (χ3n) is 3.01. The third kappa shape index (κ3) is 3.43. The van der Waals surface area contributed by atoms with Crippen molar-refractivity contribution in [1.82, 2.24) is 19.7 Å². The molecular formula is C14H10F3N5OS. The molecule has 3 aromatic heterocycles. The highest BCUT2D eigenvalue weighted by atomic mass is 32.1. The van der Waals surface area contributed by atoms with Gasteiger partial charge >= 0.3 is 6.18 Å². The first kappa shape index (κ1) is 16.1. The van der Waals surface area contributed by atoms with Gasteiger partial charge in [-0.3, -0.25) is 9.48 Å². The van der Waals surface area contributed by atoms with Crippen LogP contribution in [0.1, 0.15) is 14.7 Å². The van der Waals surface area contributed by atoms with Gasteiger partial charge in [0.25, 0.3) is 5.91 Å². The van der Waals surface area contributed by atoms with Crippen molar-refractivity contribution in [1.29, 1.82) is 0 Å². The number of thiazole rings is 1. The standard InChI is InChI=1S/C14H10F3N5OS/c1-22-7-9(5-20-22)8-2-3-18-11(4-8)21-12(23)10-6-19-13(24-10)14(15,16)17/h2-7H,1H3,(H,18,21,23). The monoisotopic (exact) mass is 353 g/mol. The summed E-state index contributed by atoms with van der Waals surface area (Å²) >= 11 is 0.282. The molecule has 0 unspecified atom stereocenters. The van der Waals surface area contributed by atoms with Crippen LogP contribution < -0.4 is 5.32 Å². The number of aromatic nitrogens is 4. The summed E-state index contributed by atoms with van der Waals surface area (Å²) in [5.74, 6) is -0.470. The second-order valence-electron chi connectivity index (χ2n) is 4.81. The van der Waals surface area contributed by atoms with Crippen LogP contribution in [-0.2, 0) is 13.2 Å². The molecule has 3 aromatic rings. The Morgan fingerprint density at radius 2 is 2.04 bits per heavy atom. The van der Waals surface area contributed by atoms with Crippen molar-refractivity contribution < 1.29 is 18.0 Å². The van der Waals surface area contributed by atoms with Crippen molar-refractivity contribution in [3.8, 4) is 11.1 Å². The van der Waals surface area contributed by atoms with Gasteiger partial charge in [0.1, 0.15) is 10.7 Å². The van der Waals surface area contributed by atoms with Gasteiger partial charge in [0.15, 0.2) is 5.01 Å². The van der Waals surface area contributed by atoms with Crippen LogP contribution in [0.2, 0.25) is 0 Å². The lowest BCUT2D eigenvalue weighted by molar-refractivity contribution is -0.137. The summed E-state index contributed by atoms with van der Waals surface area (Å²) in [6.07, 6.45) is 1.26. The number of aryl methyl sites for hydroxylation is 1. The van der Waals surface area contributed by atoms with Crippen LogP contribution in [-0.4, -0.2) is 25.7 Å². The van der Waals surface area contributed by atoms with Crippen LogP contribution in [0.3, 0.4) is 0 Å². The summed E-state index contributed by atoms with van der Waals surface area (Å²) in [5.41, 5.74) is 1.60. The second-order valence-corrected chi connectivity index (χ2v) is 5.84. The highest BCUT2D eigenvalue weighted by molar-refractivity contribution is 7.13. The normalized spacial score (nSPS) is 11.5. The lowest BCUT2D eigenvalue weighted by Gasteiger charge is -2.04. The molecule has 0 radical (unpaired) electrons. The van der Waals surface area contributed by atoms with Gasteiger partial charge < -0.3 is 5.32 Å². The van der Waals surface area contributed by atoms with E-state index in [0.717, 1.165) is 17.3 Å². The Kier molecular flexibility index (Phi) is 4.06. The number of hydrogen-bond acceptors (Lipinski definition) is 5. The van der Waals surface area contributed by atoms with E-state index < -0.39 is 17.1 Å². The van der Waals surface area contributed by atoms with Crippen LogP contribution in [0.5, 0.6) is 0 Å². The van der Waals surface area contributed by atoms with Crippen LogP contribution in [0.4, 0.5) is 19.0 Å². The minimum Gasteiger partial charge on any atom is -0.306 e. The summed E-state index contributed by atoms with van der Waals surface area (Å²) in [7, 11) is 1.77. The zero-order valence-corrected chi connectivity index (χ0v) is 13.0. The average Bonchev–Trinajstić information content (AvgIpc) is 3.16. The van der Waals surface area contributed by atoms with E-state index in [9.17, 15) is 18.0 Å². The van der Waals surface area contributed by atoms with E-state index >= 15 is 0 Å². The number of carbonyl (C=O) groups excluding carboxylic acids is 1. The van der Waals surface area contributed by atoms with E-state index in [-0.39, 0.29) is 22.0 Å². The number of nitrogens with zero attached hydrogens (tertiary/aromatic N) is 4. The molecule has 3 heterocycles. The number of anilines is 1. The number of carbonyl (C=O) groups is 1. The number of pyridine rings is 1. The first-order valence-electron chi connectivity index (χ1n) is 6.62. The SMILES string of the molecule is Cn1cc(-c2ccnc(NC(=O)c3cnc(C(F)(F)F)s3)c2)cn1. The predicted octanol–water partition coefficient (Wildman–Crippen LogP) is 3.21. The van der Waals surface area contributed by atoms with Gasteiger partial charge in [-0.25, -0.2) is 9.97 Å². The fourth-order valence-electron chi connectivity index (χ4n) is 1.94. The Morgan fingerprint density at radius 3 is 2.67 bits per heavy atom. The van der Waals surface area contributed by atoms with Crippen molar-refractivity contribution in [3.63, 3.8) is 0 Å². The summed E-state index contributed by atoms with van der Waals surface area (Å²) in [5, 5.41) is 5.45. The molecule has 0 aliphatic carbocycles. The van der Waals surface area contributed by atoms with E-state index in [0.29, 0.717) is 0 Å². The molecule has 0 saturated carbocycles. The predicted molar refractivity (Wildman–Crippen MR) is 81.5 cm³/mol. The summed E-state index contributed by atoms with van der Waals surface area (Å²) in [6.45, 7) is 0. The van der Waals surface area contributed by atoms with Crippen molar-refractivity contribution in [2.75, 3.05) is 5.32 Å². The molecule has 0 saturated heterocycles. The molecule has 0 atom stereocenters. The number of alkyl halides is 3. The largest absolute Gasteiger partial charge is 0.443 e. The Hall–Kier alpha value is -2.75. The van der Waals surface area contributed by atoms with E-state index in [2.05, 4.69) is 20.4 Å². The number of rotatable bonds is 3. The molecule has 24 heavy (non-hydrogen) atoms. The van der Waals surface area contributed by atoms with Crippen molar-refractivity contribution >= 4 is 23.1 Å². The van der Waals surface area contributed by atoms with Gasteiger partial charge in [-0.05, 0) is 17.7 Å². The molecule has 124 valence electrons. The Morgan fingerprint density at radius 1 is 1.25 bits per heavy atom. The van der Waals surface area contributed by atoms with E-state index in [4.69, 9.17) is 0 Å². The zero-order valence-electron chi connectivity index (χ0n) is 12.2. The molecule has 0 aromatic carbocycles.